The zero-order chi connectivity index (χ0) is 11.5. The van der Waals surface area contributed by atoms with Crippen molar-refractivity contribution in [3.63, 3.8) is 0 Å². The van der Waals surface area contributed by atoms with Crippen LogP contribution in [-0.4, -0.2) is 8.96 Å². The Balaban J connectivity index is 2.67. The van der Waals surface area contributed by atoms with Crippen LogP contribution in [-0.2, 0) is 11.0 Å². The molecule has 0 amide bonds. The Kier molecular flexibility index (Phi) is 4.11. The van der Waals surface area contributed by atoms with Gasteiger partial charge in [-0.1, -0.05) is 6.92 Å². The lowest BCUT2D eigenvalue weighted by Crippen LogP contribution is -2.35. The van der Waals surface area contributed by atoms with Crippen LogP contribution in [0.1, 0.15) is 45.9 Å². The quantitative estimate of drug-likeness (QED) is 0.862. The van der Waals surface area contributed by atoms with Gasteiger partial charge in [-0.3, -0.25) is 0 Å². The Morgan fingerprint density at radius 1 is 1.53 bits per heavy atom. The molecule has 0 radical (unpaired) electrons. The van der Waals surface area contributed by atoms with Gasteiger partial charge in [0.1, 0.15) is 5.76 Å². The van der Waals surface area contributed by atoms with Gasteiger partial charge in [-0.25, -0.2) is 8.93 Å². The number of furan rings is 1. The number of hydrogen-bond acceptors (Lipinski definition) is 2. The molecule has 0 saturated carbocycles. The highest BCUT2D eigenvalue weighted by atomic mass is 32.2. The van der Waals surface area contributed by atoms with E-state index in [1.54, 1.807) is 6.26 Å². The Hall–Kier alpha value is -0.610. The van der Waals surface area contributed by atoms with Gasteiger partial charge in [-0.2, -0.15) is 0 Å². The maximum atomic E-state index is 11.9. The molecule has 1 aromatic rings. The largest absolute Gasteiger partial charge is 0.468 e. The highest BCUT2D eigenvalue weighted by molar-refractivity contribution is 7.84. The second kappa shape index (κ2) is 4.94. The minimum absolute atomic E-state index is 0.0278. The van der Waals surface area contributed by atoms with Gasteiger partial charge >= 0.3 is 0 Å². The molecule has 1 aromatic heterocycles. The maximum absolute atomic E-state index is 11.9. The van der Waals surface area contributed by atoms with Crippen molar-refractivity contribution >= 4 is 11.0 Å². The highest BCUT2D eigenvalue weighted by Gasteiger charge is 2.23. The van der Waals surface area contributed by atoms with Crippen LogP contribution in [0, 0.1) is 0 Å². The van der Waals surface area contributed by atoms with Crippen LogP contribution >= 0.6 is 0 Å². The molecule has 3 nitrogen and oxygen atoms in total. The van der Waals surface area contributed by atoms with Crippen LogP contribution in [0.3, 0.4) is 0 Å². The van der Waals surface area contributed by atoms with E-state index < -0.39 is 11.0 Å². The zero-order valence-electron chi connectivity index (χ0n) is 9.74. The van der Waals surface area contributed by atoms with Gasteiger partial charge in [0.05, 0.1) is 28.0 Å². The van der Waals surface area contributed by atoms with Gasteiger partial charge in [0.2, 0.25) is 0 Å². The minimum Gasteiger partial charge on any atom is -0.468 e. The van der Waals surface area contributed by atoms with Gasteiger partial charge in [0.25, 0.3) is 0 Å². The van der Waals surface area contributed by atoms with E-state index in [0.29, 0.717) is 0 Å². The molecule has 0 unspecified atom stereocenters. The van der Waals surface area contributed by atoms with Crippen molar-refractivity contribution in [1.82, 2.24) is 4.72 Å². The van der Waals surface area contributed by atoms with Crippen LogP contribution in [0.4, 0.5) is 0 Å². The first-order valence-corrected chi connectivity index (χ1v) is 6.31. The van der Waals surface area contributed by atoms with Crippen molar-refractivity contribution in [3.05, 3.63) is 24.2 Å². The lowest BCUT2D eigenvalue weighted by atomic mass is 10.2. The second-order valence-corrected chi connectivity index (χ2v) is 6.47. The lowest BCUT2D eigenvalue weighted by Gasteiger charge is -2.22. The molecule has 0 aromatic carbocycles. The van der Waals surface area contributed by atoms with Crippen molar-refractivity contribution in [3.8, 4) is 0 Å². The summed E-state index contributed by atoms with van der Waals surface area (Å²) in [5, 5.41) is 0. The highest BCUT2D eigenvalue weighted by Crippen LogP contribution is 2.20. The molecule has 15 heavy (non-hydrogen) atoms. The molecule has 2 atom stereocenters. The van der Waals surface area contributed by atoms with Crippen molar-refractivity contribution < 1.29 is 8.63 Å². The smallest absolute Gasteiger partial charge is 0.121 e. The van der Waals surface area contributed by atoms with Crippen LogP contribution in [0.15, 0.2) is 22.8 Å². The van der Waals surface area contributed by atoms with Gasteiger partial charge in [0.15, 0.2) is 0 Å². The van der Waals surface area contributed by atoms with Crippen molar-refractivity contribution in [2.75, 3.05) is 0 Å². The van der Waals surface area contributed by atoms with E-state index in [0.717, 1.165) is 12.2 Å². The van der Waals surface area contributed by atoms with Gasteiger partial charge in [-0.15, -0.1) is 0 Å². The summed E-state index contributed by atoms with van der Waals surface area (Å²) < 4.78 is 20.0. The van der Waals surface area contributed by atoms with Crippen LogP contribution in [0.5, 0.6) is 0 Å². The predicted molar refractivity (Wildman–Crippen MR) is 62.8 cm³/mol. The molecule has 0 aliphatic carbocycles. The molecule has 0 saturated heterocycles. The topological polar surface area (TPSA) is 42.2 Å². The molecule has 0 aliphatic rings. The van der Waals surface area contributed by atoms with Crippen LogP contribution < -0.4 is 4.72 Å². The van der Waals surface area contributed by atoms with Gasteiger partial charge in [0, 0.05) is 0 Å². The molecule has 0 fully saturated rings. The number of nitrogens with one attached hydrogen (secondary N) is 1. The second-order valence-electron chi connectivity index (χ2n) is 4.48. The predicted octanol–water partition coefficient (Wildman–Crippen LogP) is 2.78. The number of rotatable bonds is 4. The van der Waals surface area contributed by atoms with E-state index in [-0.39, 0.29) is 10.8 Å². The number of hydrogen-bond donors (Lipinski definition) is 1. The fraction of sp³-hybridized carbons (Fsp3) is 0.636. The fourth-order valence-electron chi connectivity index (χ4n) is 1.14. The molecule has 86 valence electrons. The first-order chi connectivity index (χ1) is 6.95. The summed E-state index contributed by atoms with van der Waals surface area (Å²) in [5.41, 5.74) is 0. The molecule has 0 spiro atoms. The summed E-state index contributed by atoms with van der Waals surface area (Å²) in [6.45, 7) is 7.89. The van der Waals surface area contributed by atoms with Crippen molar-refractivity contribution in [2.24, 2.45) is 0 Å². The Morgan fingerprint density at radius 2 is 2.20 bits per heavy atom. The zero-order valence-corrected chi connectivity index (χ0v) is 10.6. The minimum atomic E-state index is -1.06. The average molecular weight is 229 g/mol. The van der Waals surface area contributed by atoms with Crippen molar-refractivity contribution in [2.45, 2.75) is 44.9 Å². The molecule has 0 aliphatic heterocycles. The summed E-state index contributed by atoms with van der Waals surface area (Å²) >= 11 is 0. The third-order valence-corrected chi connectivity index (χ3v) is 3.71. The molecular weight excluding hydrogens is 210 g/mol. The first-order valence-electron chi connectivity index (χ1n) is 5.16. The van der Waals surface area contributed by atoms with Gasteiger partial charge < -0.3 is 4.42 Å². The molecule has 0 bridgehead atoms. The normalized spacial score (nSPS) is 16.3. The molecule has 1 rings (SSSR count). The van der Waals surface area contributed by atoms with E-state index in [2.05, 4.69) is 4.72 Å². The molecule has 1 heterocycles. The first kappa shape index (κ1) is 12.5. The molecule has 1 N–H and O–H groups in total. The Bertz CT molecular complexity index is 314. The average Bonchev–Trinajstić information content (AvgIpc) is 2.64. The van der Waals surface area contributed by atoms with Crippen LogP contribution in [0.25, 0.3) is 0 Å². The van der Waals surface area contributed by atoms with Crippen molar-refractivity contribution in [1.29, 1.82) is 0 Å². The van der Waals surface area contributed by atoms with Gasteiger partial charge in [-0.05, 0) is 39.3 Å². The van der Waals surface area contributed by atoms with Crippen LogP contribution in [0.2, 0.25) is 0 Å². The lowest BCUT2D eigenvalue weighted by molar-refractivity contribution is 0.441. The summed E-state index contributed by atoms with van der Waals surface area (Å²) in [4.78, 5) is 0. The van der Waals surface area contributed by atoms with E-state index in [1.807, 2.05) is 39.8 Å². The fourth-order valence-corrected chi connectivity index (χ4v) is 2.03. The summed E-state index contributed by atoms with van der Waals surface area (Å²) in [5.74, 6) is 0.843. The molecule has 4 heteroatoms. The summed E-state index contributed by atoms with van der Waals surface area (Å²) in [6, 6.07) is 3.78. The maximum Gasteiger partial charge on any atom is 0.121 e. The van der Waals surface area contributed by atoms with E-state index >= 15 is 0 Å². The van der Waals surface area contributed by atoms with E-state index in [9.17, 15) is 4.21 Å². The standard InChI is InChI=1S/C11H19NO2S/c1-5-9(10-7-6-8-14-10)12-15(13)11(2,3)4/h6-9,12H,5H2,1-4H3/t9-,15+/m0/s1. The van der Waals surface area contributed by atoms with E-state index in [1.165, 1.54) is 0 Å². The SMILES string of the molecule is CC[C@H](N[S@](=O)C(C)(C)C)c1ccco1. The Labute approximate surface area is 93.8 Å². The van der Waals surface area contributed by atoms with E-state index in [4.69, 9.17) is 4.42 Å². The monoisotopic (exact) mass is 229 g/mol. The molecular formula is C11H19NO2S. The third-order valence-electron chi connectivity index (χ3n) is 2.10. The summed E-state index contributed by atoms with van der Waals surface area (Å²) in [6.07, 6.45) is 2.50. The summed E-state index contributed by atoms with van der Waals surface area (Å²) in [7, 11) is -1.06. The Morgan fingerprint density at radius 3 is 2.60 bits per heavy atom. The third kappa shape index (κ3) is 3.47.